The molecule has 0 rings (SSSR count). The summed E-state index contributed by atoms with van der Waals surface area (Å²) in [6.07, 6.45) is 3.79. The first-order valence-electron chi connectivity index (χ1n) is 6.65. The summed E-state index contributed by atoms with van der Waals surface area (Å²) >= 11 is 1.50. The normalized spacial score (nSPS) is 15.4. The highest BCUT2D eigenvalue weighted by Crippen LogP contribution is 2.67. The third kappa shape index (κ3) is 8.00. The summed E-state index contributed by atoms with van der Waals surface area (Å²) in [6, 6.07) is 0. The van der Waals surface area contributed by atoms with Crippen LogP contribution in [0.1, 0.15) is 48.5 Å². The lowest BCUT2D eigenvalue weighted by molar-refractivity contribution is 0.147. The van der Waals surface area contributed by atoms with Crippen LogP contribution in [0.5, 0.6) is 0 Å². The Balaban J connectivity index is 5.22. The minimum Gasteiger partial charge on any atom is -0.325 e. The molecule has 0 amide bonds. The molecule has 0 N–H and O–H groups in total. The minimum absolute atomic E-state index is 0.110. The first-order valence-corrected chi connectivity index (χ1v) is 12.4. The molecule has 0 aliphatic rings. The zero-order valence-electron chi connectivity index (χ0n) is 14.1. The Morgan fingerprint density at radius 1 is 1.10 bits per heavy atom. The van der Waals surface area contributed by atoms with Gasteiger partial charge < -0.3 is 9.05 Å². The number of hydrogen-bond acceptors (Lipinski definition) is 5. The first kappa shape index (κ1) is 21.2. The lowest BCUT2D eigenvalue weighted by atomic mass is 10.3. The summed E-state index contributed by atoms with van der Waals surface area (Å²) in [5.41, 5.74) is 0. The Morgan fingerprint density at radius 3 is 1.75 bits per heavy atom. The maximum Gasteiger partial charge on any atom is 0.250 e. The van der Waals surface area contributed by atoms with Crippen molar-refractivity contribution in [3.8, 4) is 0 Å². The van der Waals surface area contributed by atoms with Crippen LogP contribution in [0.3, 0.4) is 0 Å². The van der Waals surface area contributed by atoms with Crippen molar-refractivity contribution in [2.24, 2.45) is 0 Å². The zero-order chi connectivity index (χ0) is 16.1. The predicted octanol–water partition coefficient (Wildman–Crippen LogP) is 5.53. The van der Waals surface area contributed by atoms with E-state index in [1.165, 1.54) is 11.8 Å². The van der Waals surface area contributed by atoms with E-state index < -0.39 is 7.60 Å². The van der Waals surface area contributed by atoms with Gasteiger partial charge in [0.05, 0.1) is 38.3 Å². The van der Waals surface area contributed by atoms with Crippen molar-refractivity contribution in [2.45, 2.75) is 65.4 Å². The molecule has 0 saturated heterocycles. The van der Waals surface area contributed by atoms with Crippen molar-refractivity contribution in [2.75, 3.05) is 12.5 Å². The Kier molecular flexibility index (Phi) is 9.26. The molecule has 20 heavy (non-hydrogen) atoms. The summed E-state index contributed by atoms with van der Waals surface area (Å²) in [5, 5.41) is 0. The third-order valence-electron chi connectivity index (χ3n) is 1.72. The zero-order valence-corrected chi connectivity index (χ0v) is 17.4. The Labute approximate surface area is 136 Å². The van der Waals surface area contributed by atoms with E-state index in [4.69, 9.17) is 9.05 Å². The van der Waals surface area contributed by atoms with E-state index in [1.54, 1.807) is 0 Å². The summed E-state index contributed by atoms with van der Waals surface area (Å²) in [5.74, 6) is 0. The molecule has 0 spiro atoms. The van der Waals surface area contributed by atoms with Crippen molar-refractivity contribution >= 4 is 40.1 Å². The maximum atomic E-state index is 13.2. The molecule has 1 unspecified atom stereocenters. The van der Waals surface area contributed by atoms with E-state index in [9.17, 15) is 4.57 Å². The van der Waals surface area contributed by atoms with Crippen LogP contribution < -0.4 is 0 Å². The number of rotatable bonds is 8. The molecule has 3 nitrogen and oxygen atoms in total. The lowest BCUT2D eigenvalue weighted by Gasteiger charge is -2.37. The molecule has 7 heteroatoms. The summed E-state index contributed by atoms with van der Waals surface area (Å²) in [4.78, 5) is 0. The molecule has 0 aliphatic carbocycles. The van der Waals surface area contributed by atoms with Gasteiger partial charge in [-0.25, -0.2) is 0 Å². The topological polar surface area (TPSA) is 35.5 Å². The van der Waals surface area contributed by atoms with Crippen LogP contribution in [0.25, 0.3) is 0 Å². The van der Waals surface area contributed by atoms with Crippen molar-refractivity contribution in [1.82, 2.24) is 0 Å². The third-order valence-corrected chi connectivity index (χ3v) is 12.6. The highest BCUT2D eigenvalue weighted by Gasteiger charge is 2.38. The fourth-order valence-corrected chi connectivity index (χ4v) is 11.8. The van der Waals surface area contributed by atoms with Gasteiger partial charge in [0, 0.05) is 0 Å². The highest BCUT2D eigenvalue weighted by molar-refractivity contribution is 8.78. The van der Waals surface area contributed by atoms with Gasteiger partial charge in [0.15, 0.2) is 0 Å². The summed E-state index contributed by atoms with van der Waals surface area (Å²) in [7, 11) is -1.60. The smallest absolute Gasteiger partial charge is 0.250 e. The van der Waals surface area contributed by atoms with Crippen molar-refractivity contribution < 1.29 is 13.6 Å². The van der Waals surface area contributed by atoms with E-state index in [0.717, 1.165) is 4.32 Å². The van der Waals surface area contributed by atoms with Gasteiger partial charge in [-0.2, -0.15) is 0 Å². The predicted molar refractivity (Wildman–Crippen MR) is 97.4 cm³/mol. The maximum absolute atomic E-state index is 13.2. The molecule has 0 aromatic heterocycles. The standard InChI is InChI=1S/C13H29O3PS3/c1-10(2)15-17(14,16-11(3)4)12(18-8)20(9)19-13(5,6)7/h10-11H,1-9H3. The molecule has 0 fully saturated rings. The second-order valence-corrected chi connectivity index (χ2v) is 14.2. The van der Waals surface area contributed by atoms with Crippen molar-refractivity contribution in [3.05, 3.63) is 4.32 Å². The summed E-state index contributed by atoms with van der Waals surface area (Å²) in [6.45, 7) is 14.0. The molecule has 0 aromatic carbocycles. The Bertz CT molecular complexity index is 315. The Morgan fingerprint density at radius 2 is 1.50 bits per heavy atom. The van der Waals surface area contributed by atoms with Gasteiger partial charge in [-0.1, -0.05) is 9.93 Å². The first-order chi connectivity index (χ1) is 8.91. The highest BCUT2D eigenvalue weighted by atomic mass is 33.1. The molecule has 0 radical (unpaired) electrons. The fraction of sp³-hybridized carbons (Fsp3) is 0.923. The van der Waals surface area contributed by atoms with E-state index in [0.29, 0.717) is 0 Å². The van der Waals surface area contributed by atoms with Gasteiger partial charge in [0.1, 0.15) is 0 Å². The number of hydrogen-bond donors (Lipinski definition) is 0. The second-order valence-electron chi connectivity index (χ2n) is 5.93. The van der Waals surface area contributed by atoms with Crippen LogP contribution in [-0.2, 0) is 23.5 Å². The Hall–Kier alpha value is 1.20. The second kappa shape index (κ2) is 8.73. The SMILES string of the molecule is CS[C-]([S+](C)SC(C)(C)C)P(=O)(OC(C)C)OC(C)C. The van der Waals surface area contributed by atoms with Gasteiger partial charge in [-0.15, -0.1) is 0 Å². The molecule has 0 bridgehead atoms. The molecular formula is C13H29O3PS3. The van der Waals surface area contributed by atoms with Gasteiger partial charge in [0.25, 0.3) is 7.60 Å². The van der Waals surface area contributed by atoms with Crippen LogP contribution in [0, 0.1) is 4.32 Å². The lowest BCUT2D eigenvalue weighted by Crippen LogP contribution is -2.19. The van der Waals surface area contributed by atoms with Crippen LogP contribution in [0.15, 0.2) is 0 Å². The van der Waals surface area contributed by atoms with Gasteiger partial charge in [-0.3, -0.25) is 16.3 Å². The molecular weight excluding hydrogens is 331 g/mol. The van der Waals surface area contributed by atoms with E-state index >= 15 is 0 Å². The van der Waals surface area contributed by atoms with Crippen LogP contribution in [0.2, 0.25) is 0 Å². The monoisotopic (exact) mass is 360 g/mol. The summed E-state index contributed by atoms with van der Waals surface area (Å²) < 4.78 is 25.5. The van der Waals surface area contributed by atoms with Crippen molar-refractivity contribution in [3.63, 3.8) is 0 Å². The van der Waals surface area contributed by atoms with E-state index in [1.807, 2.05) is 44.7 Å². The molecule has 0 heterocycles. The van der Waals surface area contributed by atoms with Gasteiger partial charge in [-0.05, 0) is 54.7 Å². The molecule has 122 valence electrons. The number of thioether (sulfide) groups is 1. The van der Waals surface area contributed by atoms with Crippen LogP contribution in [-0.4, -0.2) is 29.5 Å². The molecule has 1 atom stereocenters. The average molecular weight is 361 g/mol. The quantitative estimate of drug-likeness (QED) is 0.246. The largest absolute Gasteiger partial charge is 0.325 e. The van der Waals surface area contributed by atoms with Crippen LogP contribution >= 0.6 is 30.2 Å². The minimum atomic E-state index is -3.21. The molecule has 0 aromatic rings. The van der Waals surface area contributed by atoms with E-state index in [-0.39, 0.29) is 26.9 Å². The molecule has 0 saturated carbocycles. The fourth-order valence-electron chi connectivity index (χ4n) is 1.46. The van der Waals surface area contributed by atoms with Crippen molar-refractivity contribution in [1.29, 1.82) is 0 Å². The van der Waals surface area contributed by atoms with E-state index in [2.05, 4.69) is 27.0 Å². The van der Waals surface area contributed by atoms with Crippen LogP contribution in [0.4, 0.5) is 0 Å². The van der Waals surface area contributed by atoms with Gasteiger partial charge in [0.2, 0.25) is 0 Å². The average Bonchev–Trinajstić information content (AvgIpc) is 2.10. The van der Waals surface area contributed by atoms with Gasteiger partial charge >= 0.3 is 0 Å². The molecule has 0 aliphatic heterocycles.